The van der Waals surface area contributed by atoms with E-state index >= 15 is 0 Å². The number of rotatable bonds is 0. The van der Waals surface area contributed by atoms with Crippen LogP contribution in [0.4, 0.5) is 0 Å². The monoisotopic (exact) mass is 154 g/mol. The standard InChI is InChI=1S/C11H6O/c12-11-3-1-2-7-4-8-5-9(8)6-10(7)11/h1-6H. The van der Waals surface area contributed by atoms with Crippen LogP contribution in [0, 0.1) is 0 Å². The van der Waals surface area contributed by atoms with E-state index in [0.29, 0.717) is 0 Å². The molecule has 0 N–H and O–H groups in total. The molecule has 0 atom stereocenters. The molecule has 0 heterocycles. The lowest BCUT2D eigenvalue weighted by Crippen LogP contribution is -1.96. The van der Waals surface area contributed by atoms with E-state index in [0.717, 1.165) is 10.8 Å². The van der Waals surface area contributed by atoms with Gasteiger partial charge in [-0.1, -0.05) is 12.1 Å². The normalized spacial score (nSPS) is 11.7. The van der Waals surface area contributed by atoms with E-state index in [2.05, 4.69) is 12.1 Å². The van der Waals surface area contributed by atoms with E-state index < -0.39 is 0 Å². The molecule has 0 saturated heterocycles. The molecular formula is C11H6O. The second kappa shape index (κ2) is 1.75. The van der Waals surface area contributed by atoms with Crippen LogP contribution in [0.5, 0.6) is 0 Å². The number of hydrogen-bond donors (Lipinski definition) is 0. The summed E-state index contributed by atoms with van der Waals surface area (Å²) >= 11 is 0. The van der Waals surface area contributed by atoms with Crippen molar-refractivity contribution in [1.82, 2.24) is 0 Å². The maximum absolute atomic E-state index is 11.3. The average Bonchev–Trinajstić information content (AvgIpc) is 2.79. The third-order valence-electron chi connectivity index (χ3n) is 2.27. The SMILES string of the molecule is O=c1cccc2cc3cc3cc12. The van der Waals surface area contributed by atoms with Gasteiger partial charge in [-0.15, -0.1) is 0 Å². The lowest BCUT2D eigenvalue weighted by atomic mass is 10.1. The van der Waals surface area contributed by atoms with Crippen LogP contribution in [0.15, 0.2) is 41.2 Å². The maximum atomic E-state index is 11.3. The zero-order valence-corrected chi connectivity index (χ0v) is 6.37. The van der Waals surface area contributed by atoms with Crippen molar-refractivity contribution in [3.63, 3.8) is 0 Å². The smallest absolute Gasteiger partial charge is 0.186 e. The molecule has 0 amide bonds. The molecule has 3 rings (SSSR count). The van der Waals surface area contributed by atoms with Gasteiger partial charge >= 0.3 is 0 Å². The van der Waals surface area contributed by atoms with Crippen LogP contribution in [0.25, 0.3) is 21.5 Å². The Morgan fingerprint density at radius 3 is 2.50 bits per heavy atom. The summed E-state index contributed by atoms with van der Waals surface area (Å²) in [5.41, 5.74) is 0.121. The molecule has 0 aromatic heterocycles. The van der Waals surface area contributed by atoms with Gasteiger partial charge < -0.3 is 0 Å². The van der Waals surface area contributed by atoms with Gasteiger partial charge in [0, 0.05) is 5.39 Å². The first-order valence-electron chi connectivity index (χ1n) is 3.93. The predicted octanol–water partition coefficient (Wildman–Crippen LogP) is 2.23. The maximum Gasteiger partial charge on any atom is 0.186 e. The van der Waals surface area contributed by atoms with Crippen LogP contribution in [-0.4, -0.2) is 0 Å². The number of fused-ring (bicyclic) bond motifs is 2. The van der Waals surface area contributed by atoms with Crippen molar-refractivity contribution in [2.75, 3.05) is 0 Å². The van der Waals surface area contributed by atoms with Crippen molar-refractivity contribution >= 4 is 21.5 Å². The van der Waals surface area contributed by atoms with E-state index in [4.69, 9.17) is 0 Å². The number of benzene rings is 2. The Labute approximate surface area is 68.9 Å². The van der Waals surface area contributed by atoms with Crippen LogP contribution in [0.2, 0.25) is 0 Å². The van der Waals surface area contributed by atoms with Crippen molar-refractivity contribution < 1.29 is 0 Å². The molecule has 0 aliphatic heterocycles. The molecule has 0 radical (unpaired) electrons. The molecule has 1 nitrogen and oxygen atoms in total. The van der Waals surface area contributed by atoms with Gasteiger partial charge in [0.15, 0.2) is 5.43 Å². The van der Waals surface area contributed by atoms with Crippen LogP contribution in [0.3, 0.4) is 0 Å². The Morgan fingerprint density at radius 2 is 1.58 bits per heavy atom. The fourth-order valence-electron chi connectivity index (χ4n) is 1.55. The summed E-state index contributed by atoms with van der Waals surface area (Å²) in [5.74, 6) is 0. The van der Waals surface area contributed by atoms with Crippen LogP contribution in [0.1, 0.15) is 0 Å². The highest BCUT2D eigenvalue weighted by molar-refractivity contribution is 6.07. The molecule has 0 bridgehead atoms. The van der Waals surface area contributed by atoms with Crippen molar-refractivity contribution in [2.24, 2.45) is 0 Å². The Hall–Kier alpha value is -1.63. The van der Waals surface area contributed by atoms with E-state index in [1.54, 1.807) is 12.1 Å². The first kappa shape index (κ1) is 5.95. The lowest BCUT2D eigenvalue weighted by molar-refractivity contribution is 1.69. The minimum absolute atomic E-state index is 0.121. The van der Waals surface area contributed by atoms with Crippen molar-refractivity contribution in [3.05, 3.63) is 46.6 Å². The Bertz CT molecular complexity index is 583. The predicted molar refractivity (Wildman–Crippen MR) is 50.1 cm³/mol. The van der Waals surface area contributed by atoms with E-state index in [1.165, 1.54) is 10.8 Å². The molecule has 3 aromatic rings. The van der Waals surface area contributed by atoms with Crippen molar-refractivity contribution in [2.45, 2.75) is 0 Å². The zero-order valence-electron chi connectivity index (χ0n) is 6.37. The minimum Gasteiger partial charge on any atom is -0.289 e. The fraction of sp³-hybridized carbons (Fsp3) is 0. The third kappa shape index (κ3) is 0.654. The van der Waals surface area contributed by atoms with Crippen molar-refractivity contribution in [1.29, 1.82) is 0 Å². The molecular weight excluding hydrogens is 148 g/mol. The summed E-state index contributed by atoms with van der Waals surface area (Å²) in [6, 6.07) is 11.5. The summed E-state index contributed by atoms with van der Waals surface area (Å²) in [7, 11) is 0. The topological polar surface area (TPSA) is 17.1 Å². The van der Waals surface area contributed by atoms with Gasteiger partial charge in [-0.25, -0.2) is 0 Å². The van der Waals surface area contributed by atoms with E-state index in [-0.39, 0.29) is 5.43 Å². The summed E-state index contributed by atoms with van der Waals surface area (Å²) in [6.07, 6.45) is 0. The van der Waals surface area contributed by atoms with Crippen LogP contribution >= 0.6 is 0 Å². The summed E-state index contributed by atoms with van der Waals surface area (Å²) in [4.78, 5) is 11.3. The quantitative estimate of drug-likeness (QED) is 0.485. The molecule has 56 valence electrons. The zero-order chi connectivity index (χ0) is 8.13. The molecule has 0 aliphatic carbocycles. The lowest BCUT2D eigenvalue weighted by Gasteiger charge is -1.91. The Morgan fingerprint density at radius 1 is 0.833 bits per heavy atom. The molecule has 0 saturated carbocycles. The van der Waals surface area contributed by atoms with Gasteiger partial charge in [-0.2, -0.15) is 0 Å². The highest BCUT2D eigenvalue weighted by Gasteiger charge is 2.04. The molecule has 0 spiro atoms. The second-order valence-corrected chi connectivity index (χ2v) is 3.10. The first-order valence-corrected chi connectivity index (χ1v) is 3.93. The molecule has 1 heteroatoms. The van der Waals surface area contributed by atoms with Gasteiger partial charge in [0.25, 0.3) is 0 Å². The largest absolute Gasteiger partial charge is 0.289 e. The van der Waals surface area contributed by atoms with Gasteiger partial charge in [0.2, 0.25) is 0 Å². The average molecular weight is 154 g/mol. The third-order valence-corrected chi connectivity index (χ3v) is 2.27. The Balaban J connectivity index is 2.66. The van der Waals surface area contributed by atoms with Gasteiger partial charge in [-0.05, 0) is 40.4 Å². The second-order valence-electron chi connectivity index (χ2n) is 3.10. The minimum atomic E-state index is 0.121. The molecule has 0 aliphatic rings. The first-order chi connectivity index (χ1) is 5.84. The van der Waals surface area contributed by atoms with E-state index in [9.17, 15) is 4.79 Å². The van der Waals surface area contributed by atoms with Crippen molar-refractivity contribution in [3.8, 4) is 0 Å². The van der Waals surface area contributed by atoms with E-state index in [1.807, 2.05) is 12.1 Å². The summed E-state index contributed by atoms with van der Waals surface area (Å²) in [6.45, 7) is 0. The van der Waals surface area contributed by atoms with Gasteiger partial charge in [-0.3, -0.25) is 4.79 Å². The number of hydrogen-bond acceptors (Lipinski definition) is 1. The highest BCUT2D eigenvalue weighted by Crippen LogP contribution is 2.27. The van der Waals surface area contributed by atoms with Gasteiger partial charge in [0.1, 0.15) is 0 Å². The Kier molecular flexibility index (Phi) is 0.867. The summed E-state index contributed by atoms with van der Waals surface area (Å²) in [5, 5.41) is 4.37. The van der Waals surface area contributed by atoms with Crippen LogP contribution in [-0.2, 0) is 0 Å². The van der Waals surface area contributed by atoms with Crippen LogP contribution < -0.4 is 5.43 Å². The molecule has 0 fully saturated rings. The molecule has 0 unspecified atom stereocenters. The molecule has 12 heavy (non-hydrogen) atoms. The fourth-order valence-corrected chi connectivity index (χ4v) is 1.55. The molecule has 3 aromatic carbocycles. The highest BCUT2D eigenvalue weighted by atomic mass is 16.1. The summed E-state index contributed by atoms with van der Waals surface area (Å²) < 4.78 is 0. The van der Waals surface area contributed by atoms with Gasteiger partial charge in [0.05, 0.1) is 0 Å².